The van der Waals surface area contributed by atoms with Gasteiger partial charge in [-0.2, -0.15) is 12.6 Å². The first-order valence-electron chi connectivity index (χ1n) is 20.3. The van der Waals surface area contributed by atoms with Gasteiger partial charge >= 0.3 is 5.97 Å². The van der Waals surface area contributed by atoms with Crippen molar-refractivity contribution in [3.63, 3.8) is 0 Å². The predicted molar refractivity (Wildman–Crippen MR) is 227 cm³/mol. The number of nitrogens with two attached hydrogens (primary N) is 4. The lowest BCUT2D eigenvalue weighted by atomic mass is 10.0. The number of likely N-dealkylation sites (tertiary alicyclic amines) is 1. The number of aliphatic hydroxyl groups is 2. The van der Waals surface area contributed by atoms with Crippen molar-refractivity contribution in [1.29, 1.82) is 0 Å². The summed E-state index contributed by atoms with van der Waals surface area (Å²) in [7, 11) is 0. The molecule has 352 valence electrons. The molecular weight excluding hydrogens is 837 g/mol. The third kappa shape index (κ3) is 19.2. The number of primary amides is 1. The van der Waals surface area contributed by atoms with E-state index in [2.05, 4.69) is 49.5 Å². The molecule has 0 bridgehead atoms. The van der Waals surface area contributed by atoms with Crippen molar-refractivity contribution < 1.29 is 58.5 Å². The summed E-state index contributed by atoms with van der Waals surface area (Å²) in [6.45, 7) is 5.22. The Hall–Kier alpha value is -5.27. The Bertz CT molecular complexity index is 1600. The first-order chi connectivity index (χ1) is 29.1. The number of rotatable bonds is 28. The minimum atomic E-state index is -1.70. The highest BCUT2D eigenvalue weighted by atomic mass is 32.1. The van der Waals surface area contributed by atoms with Gasteiger partial charge in [0.15, 0.2) is 5.96 Å². The standard InChI is InChI=1S/C37H66N12O12S/c1-18(2)13-23(45-30(54)21(7-5-11-42-37(40)41)43-29(53)20(38)17-62)31(55)48-26(16-51)34(58)46-24(14-19(3)4)32(56)47-25(15-50)33(57)44-22(9-10-28(39)52)35(59)49-12-6-8-27(49)36(60)61/h18-27,50-51,62H,5-17,38H2,1-4H3,(H2,39,52)(H,43,53)(H,44,57)(H,45,54)(H,46,58)(H,47,56)(H,48,55)(H,60,61)(H4,40,41,42)/t20-,21-,22-,23-,24-,25-,26-,27-/m0/s1. The number of carbonyl (C=O) groups is 9. The van der Waals surface area contributed by atoms with E-state index < -0.39 is 115 Å². The van der Waals surface area contributed by atoms with Crippen LogP contribution in [0, 0.1) is 11.8 Å². The van der Waals surface area contributed by atoms with Gasteiger partial charge in [0, 0.05) is 25.3 Å². The van der Waals surface area contributed by atoms with E-state index in [0.717, 1.165) is 4.90 Å². The van der Waals surface area contributed by atoms with E-state index >= 15 is 0 Å². The molecule has 1 fully saturated rings. The fraction of sp³-hybridized carbons (Fsp3) is 0.730. The third-order valence-electron chi connectivity index (χ3n) is 9.54. The monoisotopic (exact) mass is 902 g/mol. The van der Waals surface area contributed by atoms with Crippen LogP contribution in [0.25, 0.3) is 0 Å². The summed E-state index contributed by atoms with van der Waals surface area (Å²) in [5, 5.41) is 44.5. The Morgan fingerprint density at radius 2 is 1.11 bits per heavy atom. The predicted octanol–water partition coefficient (Wildman–Crippen LogP) is -5.38. The Morgan fingerprint density at radius 3 is 1.53 bits per heavy atom. The van der Waals surface area contributed by atoms with Crippen LogP contribution in [0.3, 0.4) is 0 Å². The van der Waals surface area contributed by atoms with Gasteiger partial charge < -0.3 is 75.1 Å². The molecule has 1 aliphatic heterocycles. The third-order valence-corrected chi connectivity index (χ3v) is 9.93. The SMILES string of the molecule is CC(C)C[C@H](NC(=O)[C@H](CO)NC(=O)[C@H](CC(C)C)NC(=O)[C@H](CCCN=C(N)N)NC(=O)[C@@H](N)CS)C(=O)N[C@@H](CO)C(=O)N[C@@H](CCC(N)=O)C(=O)N1CCC[C@H]1C(=O)O. The number of aliphatic carboxylic acids is 1. The van der Waals surface area contributed by atoms with E-state index in [0.29, 0.717) is 6.42 Å². The average molecular weight is 903 g/mol. The molecule has 0 aromatic carbocycles. The lowest BCUT2D eigenvalue weighted by Gasteiger charge is -2.29. The number of thiol groups is 1. The van der Waals surface area contributed by atoms with Crippen molar-refractivity contribution in [2.75, 3.05) is 32.1 Å². The number of hydrogen-bond acceptors (Lipinski definition) is 14. The second-order valence-corrected chi connectivity index (χ2v) is 16.1. The van der Waals surface area contributed by atoms with Gasteiger partial charge in [-0.3, -0.25) is 43.3 Å². The number of aliphatic hydroxyl groups excluding tert-OH is 2. The van der Waals surface area contributed by atoms with Crippen molar-refractivity contribution in [1.82, 2.24) is 36.8 Å². The smallest absolute Gasteiger partial charge is 0.326 e. The Kier molecular flexibility index (Phi) is 24.4. The van der Waals surface area contributed by atoms with Crippen LogP contribution >= 0.6 is 12.6 Å². The fourth-order valence-electron chi connectivity index (χ4n) is 6.32. The van der Waals surface area contributed by atoms with Crippen LogP contribution in [0.2, 0.25) is 0 Å². The number of carboxylic acid groups (broad SMARTS) is 1. The highest BCUT2D eigenvalue weighted by molar-refractivity contribution is 7.80. The molecular formula is C37H66N12O12S. The highest BCUT2D eigenvalue weighted by Crippen LogP contribution is 2.20. The zero-order valence-corrected chi connectivity index (χ0v) is 36.5. The molecule has 0 aromatic heterocycles. The number of guanidine groups is 1. The molecule has 17 N–H and O–H groups in total. The average Bonchev–Trinajstić information content (AvgIpc) is 3.70. The summed E-state index contributed by atoms with van der Waals surface area (Å²) >= 11 is 4.01. The molecule has 25 heteroatoms. The fourth-order valence-corrected chi connectivity index (χ4v) is 6.49. The largest absolute Gasteiger partial charge is 0.480 e. The van der Waals surface area contributed by atoms with Gasteiger partial charge in [0.2, 0.25) is 47.3 Å². The lowest BCUT2D eigenvalue weighted by Crippen LogP contribution is -2.61. The minimum absolute atomic E-state index is 0.0205. The number of aliphatic imine (C=N–C) groups is 1. The Balaban J connectivity index is 3.21. The molecule has 62 heavy (non-hydrogen) atoms. The summed E-state index contributed by atoms with van der Waals surface area (Å²) < 4.78 is 0. The quantitative estimate of drug-likeness (QED) is 0.0151. The van der Waals surface area contributed by atoms with Gasteiger partial charge in [0.05, 0.1) is 19.3 Å². The van der Waals surface area contributed by atoms with Crippen LogP contribution < -0.4 is 54.8 Å². The summed E-state index contributed by atoms with van der Waals surface area (Å²) in [6, 6.07) is -10.9. The molecule has 0 spiro atoms. The Morgan fingerprint density at radius 1 is 0.677 bits per heavy atom. The molecule has 0 aromatic rings. The summed E-state index contributed by atoms with van der Waals surface area (Å²) in [5.41, 5.74) is 21.8. The molecule has 1 rings (SSSR count). The van der Waals surface area contributed by atoms with Crippen molar-refractivity contribution >= 4 is 71.8 Å². The first-order valence-corrected chi connectivity index (χ1v) is 21.0. The zero-order chi connectivity index (χ0) is 47.3. The van der Waals surface area contributed by atoms with E-state index in [1.807, 2.05) is 0 Å². The highest BCUT2D eigenvalue weighted by Gasteiger charge is 2.39. The molecule has 1 aliphatic rings. The maximum atomic E-state index is 13.6. The van der Waals surface area contributed by atoms with Crippen molar-refractivity contribution in [2.24, 2.45) is 39.8 Å². The molecule has 8 amide bonds. The number of amides is 8. The molecule has 0 aliphatic carbocycles. The lowest BCUT2D eigenvalue weighted by molar-refractivity contribution is -0.149. The number of nitrogens with zero attached hydrogens (tertiary/aromatic N) is 2. The van der Waals surface area contributed by atoms with Crippen molar-refractivity contribution in [2.45, 2.75) is 127 Å². The van der Waals surface area contributed by atoms with E-state index in [-0.39, 0.29) is 81.6 Å². The van der Waals surface area contributed by atoms with Crippen molar-refractivity contribution in [3.8, 4) is 0 Å². The van der Waals surface area contributed by atoms with Crippen LogP contribution in [0.5, 0.6) is 0 Å². The number of carboxylic acids is 1. The van der Waals surface area contributed by atoms with Gasteiger partial charge in [-0.15, -0.1) is 0 Å². The van der Waals surface area contributed by atoms with E-state index in [4.69, 9.17) is 22.9 Å². The molecule has 0 saturated carbocycles. The van der Waals surface area contributed by atoms with Gasteiger partial charge in [-0.25, -0.2) is 4.79 Å². The Labute approximate surface area is 365 Å². The second-order valence-electron chi connectivity index (χ2n) is 15.8. The number of nitrogens with one attached hydrogen (secondary N) is 6. The minimum Gasteiger partial charge on any atom is -0.480 e. The summed E-state index contributed by atoms with van der Waals surface area (Å²) in [6.07, 6.45) is 0.199. The van der Waals surface area contributed by atoms with Gasteiger partial charge in [0.1, 0.15) is 42.3 Å². The van der Waals surface area contributed by atoms with Crippen LogP contribution in [-0.2, 0) is 43.2 Å². The molecule has 0 unspecified atom stereocenters. The zero-order valence-electron chi connectivity index (χ0n) is 35.6. The van der Waals surface area contributed by atoms with E-state index in [9.17, 15) is 58.5 Å². The maximum absolute atomic E-state index is 13.6. The molecule has 24 nitrogen and oxygen atoms in total. The summed E-state index contributed by atoms with van der Waals surface area (Å²) in [4.78, 5) is 122. The van der Waals surface area contributed by atoms with Crippen LogP contribution in [-0.4, -0.2) is 160 Å². The maximum Gasteiger partial charge on any atom is 0.326 e. The molecule has 0 radical (unpaired) electrons. The molecule has 8 atom stereocenters. The first kappa shape index (κ1) is 54.7. The van der Waals surface area contributed by atoms with Crippen molar-refractivity contribution in [3.05, 3.63) is 0 Å². The number of hydrogen-bond donors (Lipinski definition) is 14. The molecule has 1 heterocycles. The van der Waals surface area contributed by atoms with Crippen LogP contribution in [0.4, 0.5) is 0 Å². The second kappa shape index (κ2) is 27.6. The molecule has 1 saturated heterocycles. The van der Waals surface area contributed by atoms with Gasteiger partial charge in [0.25, 0.3) is 0 Å². The summed E-state index contributed by atoms with van der Waals surface area (Å²) in [5.74, 6) is -8.88. The van der Waals surface area contributed by atoms with Crippen LogP contribution in [0.1, 0.15) is 79.1 Å². The van der Waals surface area contributed by atoms with Crippen LogP contribution in [0.15, 0.2) is 4.99 Å². The van der Waals surface area contributed by atoms with E-state index in [1.165, 1.54) is 0 Å². The van der Waals surface area contributed by atoms with Gasteiger partial charge in [-0.1, -0.05) is 27.7 Å². The topological polar surface area (TPSA) is 406 Å². The van der Waals surface area contributed by atoms with E-state index in [1.54, 1.807) is 27.7 Å². The van der Waals surface area contributed by atoms with Gasteiger partial charge in [-0.05, 0) is 56.8 Å². The number of carbonyl (C=O) groups excluding carboxylic acids is 8. The normalized spacial score (nSPS) is 17.0.